The van der Waals surface area contributed by atoms with Crippen molar-refractivity contribution in [3.63, 3.8) is 0 Å². The fourth-order valence-electron chi connectivity index (χ4n) is 2.52. The molecule has 128 valence electrons. The number of nitrogens with one attached hydrogen (secondary N) is 2. The predicted octanol–water partition coefficient (Wildman–Crippen LogP) is 2.99. The first kappa shape index (κ1) is 18.2. The third kappa shape index (κ3) is 5.77. The minimum atomic E-state index is -0.608. The number of halogens is 2. The van der Waals surface area contributed by atoms with Crippen LogP contribution in [0.2, 0.25) is 0 Å². The molecule has 0 saturated heterocycles. The molecule has 0 unspecified atom stereocenters. The Morgan fingerprint density at radius 1 is 1.39 bits per heavy atom. The molecule has 0 heterocycles. The molecule has 0 aliphatic heterocycles. The lowest BCUT2D eigenvalue weighted by molar-refractivity contribution is -0.0236. The summed E-state index contributed by atoms with van der Waals surface area (Å²) >= 11 is 3.26. The molecule has 1 aliphatic carbocycles. The van der Waals surface area contributed by atoms with Gasteiger partial charge in [-0.05, 0) is 56.7 Å². The van der Waals surface area contributed by atoms with Gasteiger partial charge in [0.05, 0.1) is 12.1 Å². The van der Waals surface area contributed by atoms with E-state index in [0.29, 0.717) is 25.5 Å². The number of aryl methyl sites for hydroxylation is 1. The van der Waals surface area contributed by atoms with Crippen LogP contribution in [0.25, 0.3) is 0 Å². The highest BCUT2D eigenvalue weighted by molar-refractivity contribution is 9.10. The number of aliphatic hydroxyl groups is 1. The van der Waals surface area contributed by atoms with Crippen LogP contribution in [0.15, 0.2) is 27.7 Å². The lowest BCUT2D eigenvalue weighted by Gasteiger charge is -2.35. The Balaban J connectivity index is 1.76. The van der Waals surface area contributed by atoms with E-state index in [-0.39, 0.29) is 5.82 Å². The summed E-state index contributed by atoms with van der Waals surface area (Å²) in [5, 5.41) is 16.5. The molecule has 1 aromatic carbocycles. The molecule has 0 radical (unpaired) electrons. The first-order valence-corrected chi connectivity index (χ1v) is 9.00. The van der Waals surface area contributed by atoms with Gasteiger partial charge in [-0.1, -0.05) is 22.0 Å². The quantitative estimate of drug-likeness (QED) is 0.384. The van der Waals surface area contributed by atoms with Crippen molar-refractivity contribution in [2.24, 2.45) is 4.99 Å². The van der Waals surface area contributed by atoms with Crippen molar-refractivity contribution in [3.05, 3.63) is 34.1 Å². The van der Waals surface area contributed by atoms with Gasteiger partial charge in [-0.2, -0.15) is 0 Å². The summed E-state index contributed by atoms with van der Waals surface area (Å²) in [6, 6.07) is 5.16. The van der Waals surface area contributed by atoms with Crippen LogP contribution in [0.5, 0.6) is 0 Å². The monoisotopic (exact) mass is 385 g/mol. The molecule has 6 heteroatoms. The Bertz CT molecular complexity index is 547. The highest BCUT2D eigenvalue weighted by atomic mass is 79.9. The average Bonchev–Trinajstić information content (AvgIpc) is 2.48. The fraction of sp³-hybridized carbons (Fsp3) is 0.588. The summed E-state index contributed by atoms with van der Waals surface area (Å²) in [5.41, 5.74) is 0.115. The van der Waals surface area contributed by atoms with Crippen molar-refractivity contribution < 1.29 is 9.50 Å². The number of hydrogen-bond acceptors (Lipinski definition) is 2. The van der Waals surface area contributed by atoms with Crippen molar-refractivity contribution >= 4 is 21.9 Å². The van der Waals surface area contributed by atoms with E-state index in [0.717, 1.165) is 42.3 Å². The van der Waals surface area contributed by atoms with Gasteiger partial charge in [0.2, 0.25) is 0 Å². The van der Waals surface area contributed by atoms with Gasteiger partial charge in [-0.15, -0.1) is 0 Å². The van der Waals surface area contributed by atoms with Crippen molar-refractivity contribution in [2.75, 3.05) is 19.6 Å². The van der Waals surface area contributed by atoms with E-state index in [1.54, 1.807) is 0 Å². The van der Waals surface area contributed by atoms with Crippen LogP contribution in [0.4, 0.5) is 4.39 Å². The molecule has 1 fully saturated rings. The van der Waals surface area contributed by atoms with Gasteiger partial charge in [-0.3, -0.25) is 4.99 Å². The van der Waals surface area contributed by atoms with E-state index >= 15 is 0 Å². The Morgan fingerprint density at radius 2 is 2.17 bits per heavy atom. The van der Waals surface area contributed by atoms with Crippen molar-refractivity contribution in [2.45, 2.75) is 44.6 Å². The maximum absolute atomic E-state index is 13.7. The number of benzene rings is 1. The Hall–Kier alpha value is -1.14. The number of nitrogens with zero attached hydrogens (tertiary/aromatic N) is 1. The Labute approximate surface area is 145 Å². The topological polar surface area (TPSA) is 56.7 Å². The maximum Gasteiger partial charge on any atom is 0.191 e. The summed E-state index contributed by atoms with van der Waals surface area (Å²) in [6.45, 7) is 3.92. The number of guanidine groups is 1. The lowest BCUT2D eigenvalue weighted by Crippen LogP contribution is -2.43. The smallest absolute Gasteiger partial charge is 0.191 e. The molecular weight excluding hydrogens is 361 g/mol. The fourth-order valence-corrected chi connectivity index (χ4v) is 2.85. The van der Waals surface area contributed by atoms with E-state index in [1.165, 1.54) is 6.07 Å². The van der Waals surface area contributed by atoms with Gasteiger partial charge in [0.1, 0.15) is 5.82 Å². The van der Waals surface area contributed by atoms with Gasteiger partial charge in [0.25, 0.3) is 0 Å². The highest BCUT2D eigenvalue weighted by Crippen LogP contribution is 2.31. The number of rotatable bonds is 7. The minimum Gasteiger partial charge on any atom is -0.388 e. The van der Waals surface area contributed by atoms with Crippen LogP contribution in [0.3, 0.4) is 0 Å². The van der Waals surface area contributed by atoms with Gasteiger partial charge >= 0.3 is 0 Å². The summed E-state index contributed by atoms with van der Waals surface area (Å²) in [4.78, 5) is 4.45. The molecule has 0 spiro atoms. The summed E-state index contributed by atoms with van der Waals surface area (Å²) < 4.78 is 14.5. The zero-order valence-electron chi connectivity index (χ0n) is 13.5. The first-order chi connectivity index (χ1) is 11.0. The summed E-state index contributed by atoms with van der Waals surface area (Å²) in [5.74, 6) is 0.538. The molecule has 1 aromatic rings. The third-order valence-electron chi connectivity index (χ3n) is 4.09. The van der Waals surface area contributed by atoms with Crippen LogP contribution < -0.4 is 10.6 Å². The van der Waals surface area contributed by atoms with Crippen LogP contribution in [-0.4, -0.2) is 36.3 Å². The standard InChI is InChI=1S/C17H25BrFN3O/c1-2-20-16(22-12-17(23)8-4-9-17)21-10-3-5-13-6-7-14(18)11-15(13)19/h6-7,11,23H,2-5,8-10,12H2,1H3,(H2,20,21,22). The predicted molar refractivity (Wildman–Crippen MR) is 95.2 cm³/mol. The van der Waals surface area contributed by atoms with Crippen LogP contribution >= 0.6 is 15.9 Å². The van der Waals surface area contributed by atoms with E-state index in [9.17, 15) is 9.50 Å². The molecule has 0 amide bonds. The molecule has 1 saturated carbocycles. The van der Waals surface area contributed by atoms with Crippen LogP contribution in [0.1, 0.15) is 38.2 Å². The summed E-state index contributed by atoms with van der Waals surface area (Å²) in [6.07, 6.45) is 4.23. The van der Waals surface area contributed by atoms with Crippen molar-refractivity contribution in [1.29, 1.82) is 0 Å². The zero-order chi connectivity index (χ0) is 16.7. The van der Waals surface area contributed by atoms with Crippen LogP contribution in [-0.2, 0) is 6.42 Å². The van der Waals surface area contributed by atoms with E-state index < -0.39 is 5.60 Å². The van der Waals surface area contributed by atoms with Gasteiger partial charge < -0.3 is 15.7 Å². The molecule has 0 aromatic heterocycles. The van der Waals surface area contributed by atoms with Gasteiger partial charge in [0.15, 0.2) is 5.96 Å². The maximum atomic E-state index is 13.7. The summed E-state index contributed by atoms with van der Waals surface area (Å²) in [7, 11) is 0. The average molecular weight is 386 g/mol. The zero-order valence-corrected chi connectivity index (χ0v) is 15.1. The van der Waals surface area contributed by atoms with Crippen molar-refractivity contribution in [3.8, 4) is 0 Å². The molecular formula is C17H25BrFN3O. The molecule has 23 heavy (non-hydrogen) atoms. The molecule has 3 N–H and O–H groups in total. The van der Waals surface area contributed by atoms with E-state index in [1.807, 2.05) is 19.1 Å². The molecule has 4 nitrogen and oxygen atoms in total. The molecule has 0 atom stereocenters. The van der Waals surface area contributed by atoms with Gasteiger partial charge in [0, 0.05) is 17.6 Å². The second kappa shape index (κ2) is 8.64. The van der Waals surface area contributed by atoms with E-state index in [2.05, 4.69) is 31.6 Å². The highest BCUT2D eigenvalue weighted by Gasteiger charge is 2.34. The second-order valence-corrected chi connectivity index (χ2v) is 6.95. The number of aliphatic imine (C=N–C) groups is 1. The Morgan fingerprint density at radius 3 is 2.78 bits per heavy atom. The SMILES string of the molecule is CCNC(=NCC1(O)CCC1)NCCCc1ccc(Br)cc1F. The van der Waals surface area contributed by atoms with Crippen molar-refractivity contribution in [1.82, 2.24) is 10.6 Å². The second-order valence-electron chi connectivity index (χ2n) is 6.04. The van der Waals surface area contributed by atoms with E-state index in [4.69, 9.17) is 0 Å². The normalized spacial score (nSPS) is 16.8. The lowest BCUT2D eigenvalue weighted by atomic mass is 9.80. The molecule has 0 bridgehead atoms. The number of hydrogen-bond donors (Lipinski definition) is 3. The molecule has 2 rings (SSSR count). The van der Waals surface area contributed by atoms with Gasteiger partial charge in [-0.25, -0.2) is 4.39 Å². The first-order valence-electron chi connectivity index (χ1n) is 8.21. The minimum absolute atomic E-state index is 0.174. The Kier molecular flexibility index (Phi) is 6.84. The third-order valence-corrected chi connectivity index (χ3v) is 4.58. The molecule has 1 aliphatic rings. The largest absolute Gasteiger partial charge is 0.388 e. The van der Waals surface area contributed by atoms with Crippen LogP contribution in [0, 0.1) is 5.82 Å².